The third-order valence-corrected chi connectivity index (χ3v) is 5.93. The maximum Gasteiger partial charge on any atom is 0.193 e. The maximum absolute atomic E-state index is 13.1. The van der Waals surface area contributed by atoms with E-state index in [1.165, 1.54) is 0 Å². The van der Waals surface area contributed by atoms with Crippen molar-refractivity contribution >= 4 is 33.9 Å². The molecule has 0 saturated heterocycles. The number of benzene rings is 2. The zero-order valence-corrected chi connectivity index (χ0v) is 17.2. The van der Waals surface area contributed by atoms with Crippen LogP contribution in [0.4, 0.5) is 11.5 Å². The molecule has 5 aromatic rings. The summed E-state index contributed by atoms with van der Waals surface area (Å²) in [6.45, 7) is 1.99. The second-order valence-corrected chi connectivity index (χ2v) is 7.97. The minimum atomic E-state index is -0.0547. The van der Waals surface area contributed by atoms with E-state index in [-0.39, 0.29) is 5.43 Å². The van der Waals surface area contributed by atoms with Crippen LogP contribution < -0.4 is 10.7 Å². The monoisotopic (exact) mass is 409 g/mol. The number of thiophene rings is 1. The Hall–Kier alpha value is -3.70. The molecule has 0 atom stereocenters. The molecule has 146 valence electrons. The van der Waals surface area contributed by atoms with E-state index in [0.29, 0.717) is 16.9 Å². The van der Waals surface area contributed by atoms with Gasteiger partial charge in [-0.05, 0) is 48.7 Å². The number of hydrogen-bond acceptors (Lipinski definition) is 4. The number of para-hydroxylation sites is 2. The molecule has 0 spiro atoms. The number of aromatic nitrogens is 2. The highest BCUT2D eigenvalue weighted by atomic mass is 32.1. The zero-order valence-electron chi connectivity index (χ0n) is 16.4. The van der Waals surface area contributed by atoms with Crippen LogP contribution in [0.1, 0.15) is 5.69 Å². The molecule has 5 heteroatoms. The van der Waals surface area contributed by atoms with Crippen LogP contribution in [0.2, 0.25) is 0 Å². The number of nitrogens with one attached hydrogen (secondary N) is 1. The SMILES string of the molecule is Cc1nc2c(cc1-c1cccs1)c(=O)cc(Nc1ccccc1)n2-c1ccccc1. The Kier molecular flexibility index (Phi) is 4.65. The average molecular weight is 410 g/mol. The number of rotatable bonds is 4. The maximum atomic E-state index is 13.1. The van der Waals surface area contributed by atoms with Gasteiger partial charge in [-0.1, -0.05) is 42.5 Å². The lowest BCUT2D eigenvalue weighted by molar-refractivity contribution is 1.05. The smallest absolute Gasteiger partial charge is 0.193 e. The van der Waals surface area contributed by atoms with Crippen molar-refractivity contribution in [3.63, 3.8) is 0 Å². The first kappa shape index (κ1) is 18.3. The molecule has 0 bridgehead atoms. The molecule has 0 aliphatic heterocycles. The van der Waals surface area contributed by atoms with Crippen LogP contribution in [-0.4, -0.2) is 9.55 Å². The molecule has 3 aromatic heterocycles. The average Bonchev–Trinajstić information content (AvgIpc) is 3.30. The van der Waals surface area contributed by atoms with E-state index >= 15 is 0 Å². The second kappa shape index (κ2) is 7.61. The Morgan fingerprint density at radius 3 is 2.33 bits per heavy atom. The summed E-state index contributed by atoms with van der Waals surface area (Å²) < 4.78 is 2.01. The van der Waals surface area contributed by atoms with E-state index in [9.17, 15) is 4.79 Å². The summed E-state index contributed by atoms with van der Waals surface area (Å²) in [6, 6.07) is 27.5. The molecule has 1 N–H and O–H groups in total. The molecule has 0 fully saturated rings. The van der Waals surface area contributed by atoms with Gasteiger partial charge in [0.1, 0.15) is 11.5 Å². The summed E-state index contributed by atoms with van der Waals surface area (Å²) in [5.41, 5.74) is 4.33. The molecule has 4 nitrogen and oxygen atoms in total. The highest BCUT2D eigenvalue weighted by Crippen LogP contribution is 2.31. The third-order valence-electron chi connectivity index (χ3n) is 5.03. The molecular formula is C25H19N3OS. The van der Waals surface area contributed by atoms with E-state index < -0.39 is 0 Å². The van der Waals surface area contributed by atoms with Gasteiger partial charge in [-0.25, -0.2) is 4.98 Å². The van der Waals surface area contributed by atoms with Crippen LogP contribution in [0.25, 0.3) is 27.2 Å². The normalized spacial score (nSPS) is 11.0. The Balaban J connectivity index is 1.80. The summed E-state index contributed by atoms with van der Waals surface area (Å²) in [4.78, 5) is 19.1. The summed E-state index contributed by atoms with van der Waals surface area (Å²) >= 11 is 1.65. The molecule has 0 radical (unpaired) electrons. The first-order valence-corrected chi connectivity index (χ1v) is 10.6. The molecule has 5 rings (SSSR count). The van der Waals surface area contributed by atoms with Crippen molar-refractivity contribution < 1.29 is 0 Å². The van der Waals surface area contributed by atoms with Gasteiger partial charge in [0, 0.05) is 33.6 Å². The minimum absolute atomic E-state index is 0.0547. The number of nitrogens with zero attached hydrogens (tertiary/aromatic N) is 2. The van der Waals surface area contributed by atoms with E-state index in [0.717, 1.165) is 27.5 Å². The minimum Gasteiger partial charge on any atom is -0.341 e. The van der Waals surface area contributed by atoms with Gasteiger partial charge < -0.3 is 5.32 Å². The first-order chi connectivity index (χ1) is 14.7. The van der Waals surface area contributed by atoms with Gasteiger partial charge in [0.2, 0.25) is 0 Å². The lowest BCUT2D eigenvalue weighted by Crippen LogP contribution is -2.14. The molecule has 3 heterocycles. The molecule has 0 saturated carbocycles. The van der Waals surface area contributed by atoms with Gasteiger partial charge in [0.15, 0.2) is 5.43 Å². The number of aryl methyl sites for hydroxylation is 1. The van der Waals surface area contributed by atoms with Gasteiger partial charge in [0.05, 0.1) is 5.39 Å². The van der Waals surface area contributed by atoms with Crippen molar-refractivity contribution in [2.45, 2.75) is 6.92 Å². The van der Waals surface area contributed by atoms with E-state index in [1.54, 1.807) is 17.4 Å². The number of anilines is 2. The molecule has 0 amide bonds. The van der Waals surface area contributed by atoms with Gasteiger partial charge in [0.25, 0.3) is 0 Å². The van der Waals surface area contributed by atoms with Crippen LogP contribution in [0.5, 0.6) is 0 Å². The van der Waals surface area contributed by atoms with E-state index in [2.05, 4.69) is 11.4 Å². The van der Waals surface area contributed by atoms with Gasteiger partial charge >= 0.3 is 0 Å². The highest BCUT2D eigenvalue weighted by molar-refractivity contribution is 7.13. The summed E-state index contributed by atoms with van der Waals surface area (Å²) in [5.74, 6) is 0.681. The second-order valence-electron chi connectivity index (χ2n) is 7.03. The van der Waals surface area contributed by atoms with E-state index in [4.69, 9.17) is 4.98 Å². The quantitative estimate of drug-likeness (QED) is 0.386. The van der Waals surface area contributed by atoms with Gasteiger partial charge in [-0.2, -0.15) is 0 Å². The number of fused-ring (bicyclic) bond motifs is 1. The molecule has 0 aliphatic rings. The Morgan fingerprint density at radius 2 is 1.63 bits per heavy atom. The highest BCUT2D eigenvalue weighted by Gasteiger charge is 2.16. The standard InChI is InChI=1S/C25H19N3OS/c1-17-20(23-13-8-14-30-23)15-21-22(29)16-24(27-18-9-4-2-5-10-18)28(25(21)26-17)19-11-6-3-7-12-19/h2-16,27H,1H3. The van der Waals surface area contributed by atoms with Crippen LogP contribution >= 0.6 is 11.3 Å². The Labute approximate surface area is 178 Å². The zero-order chi connectivity index (χ0) is 20.5. The fourth-order valence-corrected chi connectivity index (χ4v) is 4.40. The van der Waals surface area contributed by atoms with Gasteiger partial charge in [-0.15, -0.1) is 11.3 Å². The molecule has 0 unspecified atom stereocenters. The van der Waals surface area contributed by atoms with Crippen LogP contribution in [0.3, 0.4) is 0 Å². The fourth-order valence-electron chi connectivity index (χ4n) is 3.61. The molecular weight excluding hydrogens is 390 g/mol. The topological polar surface area (TPSA) is 46.9 Å². The van der Waals surface area contributed by atoms with E-state index in [1.807, 2.05) is 89.7 Å². The van der Waals surface area contributed by atoms with Crippen LogP contribution in [-0.2, 0) is 0 Å². The fraction of sp³-hybridized carbons (Fsp3) is 0.0400. The largest absolute Gasteiger partial charge is 0.341 e. The predicted octanol–water partition coefficient (Wildman–Crippen LogP) is 6.17. The van der Waals surface area contributed by atoms with Crippen LogP contribution in [0.15, 0.2) is 95.1 Å². The lowest BCUT2D eigenvalue weighted by atomic mass is 10.1. The van der Waals surface area contributed by atoms with Crippen molar-refractivity contribution in [3.8, 4) is 16.1 Å². The number of hydrogen-bond donors (Lipinski definition) is 1. The van der Waals surface area contributed by atoms with Crippen molar-refractivity contribution in [2.75, 3.05) is 5.32 Å². The molecule has 30 heavy (non-hydrogen) atoms. The van der Waals surface area contributed by atoms with Crippen molar-refractivity contribution in [1.29, 1.82) is 0 Å². The Bertz CT molecular complexity index is 1380. The molecule has 0 aliphatic carbocycles. The number of pyridine rings is 2. The molecule has 2 aromatic carbocycles. The van der Waals surface area contributed by atoms with Crippen molar-refractivity contribution in [1.82, 2.24) is 9.55 Å². The lowest BCUT2D eigenvalue weighted by Gasteiger charge is -2.18. The van der Waals surface area contributed by atoms with Crippen molar-refractivity contribution in [3.05, 3.63) is 106 Å². The summed E-state index contributed by atoms with van der Waals surface area (Å²) in [7, 11) is 0. The Morgan fingerprint density at radius 1 is 0.900 bits per heavy atom. The first-order valence-electron chi connectivity index (χ1n) is 9.69. The van der Waals surface area contributed by atoms with Crippen LogP contribution in [0, 0.1) is 6.92 Å². The summed E-state index contributed by atoms with van der Waals surface area (Å²) in [5, 5.41) is 6.03. The van der Waals surface area contributed by atoms with Gasteiger partial charge in [-0.3, -0.25) is 9.36 Å². The van der Waals surface area contributed by atoms with Crippen molar-refractivity contribution in [2.24, 2.45) is 0 Å². The third kappa shape index (κ3) is 3.29. The summed E-state index contributed by atoms with van der Waals surface area (Å²) in [6.07, 6.45) is 0. The predicted molar refractivity (Wildman–Crippen MR) is 125 cm³/mol.